The summed E-state index contributed by atoms with van der Waals surface area (Å²) in [6.45, 7) is 8.98. The van der Waals surface area contributed by atoms with E-state index in [0.29, 0.717) is 23.6 Å². The molecule has 2 aromatic rings. The van der Waals surface area contributed by atoms with Gasteiger partial charge in [-0.1, -0.05) is 13.8 Å². The average Bonchev–Trinajstić information content (AvgIpc) is 3.14. The molecule has 2 aliphatic rings. The van der Waals surface area contributed by atoms with Crippen LogP contribution < -0.4 is 5.32 Å². The summed E-state index contributed by atoms with van der Waals surface area (Å²) in [6.07, 6.45) is 1.27. The highest BCUT2D eigenvalue weighted by Crippen LogP contribution is 2.26. The van der Waals surface area contributed by atoms with Crippen LogP contribution in [-0.4, -0.2) is 48.7 Å². The normalized spacial score (nSPS) is 27.0. The van der Waals surface area contributed by atoms with Crippen LogP contribution in [0.15, 0.2) is 28.7 Å². The molecule has 0 bridgehead atoms. The van der Waals surface area contributed by atoms with Gasteiger partial charge in [0.1, 0.15) is 11.3 Å². The SMILES string of the molecule is Cc1cc2cc(C(=O)N[C@H]3C[C@H]4CO[C@@H](C(C)C)CN4C3)ccc2o1. The Balaban J connectivity index is 1.41. The largest absolute Gasteiger partial charge is 0.461 e. The summed E-state index contributed by atoms with van der Waals surface area (Å²) >= 11 is 0. The van der Waals surface area contributed by atoms with Crippen LogP contribution in [0.4, 0.5) is 0 Å². The number of rotatable bonds is 3. The van der Waals surface area contributed by atoms with E-state index in [1.54, 1.807) is 0 Å². The number of furan rings is 1. The Hall–Kier alpha value is -1.85. The number of carbonyl (C=O) groups is 1. The van der Waals surface area contributed by atoms with Gasteiger partial charge in [-0.2, -0.15) is 0 Å². The van der Waals surface area contributed by atoms with Crippen LogP contribution in [0.3, 0.4) is 0 Å². The van der Waals surface area contributed by atoms with E-state index in [9.17, 15) is 4.79 Å². The van der Waals surface area contributed by atoms with Gasteiger partial charge in [0.25, 0.3) is 5.91 Å². The lowest BCUT2D eigenvalue weighted by atomic mass is 10.0. The first-order valence-electron chi connectivity index (χ1n) is 9.16. The third-order valence-electron chi connectivity index (χ3n) is 5.43. The number of nitrogens with one attached hydrogen (secondary N) is 1. The van der Waals surface area contributed by atoms with E-state index in [2.05, 4.69) is 24.1 Å². The van der Waals surface area contributed by atoms with Crippen LogP contribution in [0.1, 0.15) is 36.4 Å². The van der Waals surface area contributed by atoms with Crippen molar-refractivity contribution in [1.82, 2.24) is 10.2 Å². The van der Waals surface area contributed by atoms with Gasteiger partial charge >= 0.3 is 0 Å². The van der Waals surface area contributed by atoms with E-state index in [0.717, 1.165) is 42.8 Å². The van der Waals surface area contributed by atoms with Crippen molar-refractivity contribution in [3.8, 4) is 0 Å². The summed E-state index contributed by atoms with van der Waals surface area (Å²) in [5.74, 6) is 1.38. The molecule has 3 heterocycles. The number of fused-ring (bicyclic) bond motifs is 2. The van der Waals surface area contributed by atoms with E-state index >= 15 is 0 Å². The summed E-state index contributed by atoms with van der Waals surface area (Å²) in [7, 11) is 0. The van der Waals surface area contributed by atoms with Crippen molar-refractivity contribution in [1.29, 1.82) is 0 Å². The molecule has 4 rings (SSSR count). The van der Waals surface area contributed by atoms with Gasteiger partial charge in [-0.15, -0.1) is 0 Å². The zero-order chi connectivity index (χ0) is 17.6. The van der Waals surface area contributed by atoms with Gasteiger partial charge in [0, 0.05) is 36.1 Å². The molecule has 1 aromatic heterocycles. The van der Waals surface area contributed by atoms with Crippen molar-refractivity contribution in [3.05, 3.63) is 35.6 Å². The standard InChI is InChI=1S/C20H26N2O3/c1-12(2)19-10-22-9-16(8-17(22)11-24-19)21-20(23)14-4-5-18-15(7-14)6-13(3)25-18/h4-7,12,16-17,19H,8-11H2,1-3H3,(H,21,23)/t16-,17-,19+/m0/s1. The van der Waals surface area contributed by atoms with Crippen LogP contribution in [0.2, 0.25) is 0 Å². The number of carbonyl (C=O) groups excluding carboxylic acids is 1. The minimum atomic E-state index is -0.00747. The molecule has 1 aromatic carbocycles. The maximum Gasteiger partial charge on any atom is 0.251 e. The van der Waals surface area contributed by atoms with Crippen molar-refractivity contribution in [2.24, 2.45) is 5.92 Å². The first-order valence-corrected chi connectivity index (χ1v) is 9.16. The van der Waals surface area contributed by atoms with E-state index in [1.807, 2.05) is 31.2 Å². The van der Waals surface area contributed by atoms with Gasteiger partial charge in [0.2, 0.25) is 0 Å². The van der Waals surface area contributed by atoms with E-state index in [4.69, 9.17) is 9.15 Å². The summed E-state index contributed by atoms with van der Waals surface area (Å²) < 4.78 is 11.6. The Kier molecular flexibility index (Phi) is 4.29. The second kappa shape index (κ2) is 6.46. The number of nitrogens with zero attached hydrogens (tertiary/aromatic N) is 1. The van der Waals surface area contributed by atoms with Gasteiger partial charge in [-0.05, 0) is 43.5 Å². The third kappa shape index (κ3) is 3.31. The first kappa shape index (κ1) is 16.6. The zero-order valence-corrected chi connectivity index (χ0v) is 15.1. The molecule has 134 valence electrons. The van der Waals surface area contributed by atoms with Gasteiger partial charge < -0.3 is 14.5 Å². The lowest BCUT2D eigenvalue weighted by molar-refractivity contribution is -0.0683. The Morgan fingerprint density at radius 2 is 2.12 bits per heavy atom. The van der Waals surface area contributed by atoms with Gasteiger partial charge in [0.15, 0.2) is 0 Å². The molecule has 2 aliphatic heterocycles. The fraction of sp³-hybridized carbons (Fsp3) is 0.550. The molecule has 5 nitrogen and oxygen atoms in total. The molecular formula is C20H26N2O3. The van der Waals surface area contributed by atoms with Crippen LogP contribution in [0, 0.1) is 12.8 Å². The fourth-order valence-electron chi connectivity index (χ4n) is 3.99. The maximum absolute atomic E-state index is 12.6. The molecule has 25 heavy (non-hydrogen) atoms. The Morgan fingerprint density at radius 3 is 2.92 bits per heavy atom. The molecule has 0 unspecified atom stereocenters. The minimum Gasteiger partial charge on any atom is -0.461 e. The summed E-state index contributed by atoms with van der Waals surface area (Å²) in [6, 6.07) is 8.19. The predicted molar refractivity (Wildman–Crippen MR) is 96.8 cm³/mol. The van der Waals surface area contributed by atoms with Gasteiger partial charge in [0.05, 0.1) is 12.7 Å². The third-order valence-corrected chi connectivity index (χ3v) is 5.43. The highest BCUT2D eigenvalue weighted by Gasteiger charge is 2.38. The van der Waals surface area contributed by atoms with Crippen LogP contribution in [-0.2, 0) is 4.74 Å². The Morgan fingerprint density at radius 1 is 1.28 bits per heavy atom. The molecule has 5 heteroatoms. The highest BCUT2D eigenvalue weighted by molar-refractivity contribution is 5.98. The second-order valence-electron chi connectivity index (χ2n) is 7.74. The number of hydrogen-bond acceptors (Lipinski definition) is 4. The fourth-order valence-corrected chi connectivity index (χ4v) is 3.99. The quantitative estimate of drug-likeness (QED) is 0.932. The van der Waals surface area contributed by atoms with Gasteiger partial charge in [-0.3, -0.25) is 9.69 Å². The number of benzene rings is 1. The van der Waals surface area contributed by atoms with Crippen molar-refractivity contribution < 1.29 is 13.9 Å². The molecule has 3 atom stereocenters. The topological polar surface area (TPSA) is 54.7 Å². The van der Waals surface area contributed by atoms with Crippen molar-refractivity contribution in [3.63, 3.8) is 0 Å². The first-order chi connectivity index (χ1) is 12.0. The van der Waals surface area contributed by atoms with E-state index in [1.165, 1.54) is 0 Å². The highest BCUT2D eigenvalue weighted by atomic mass is 16.5. The maximum atomic E-state index is 12.6. The minimum absolute atomic E-state index is 0.00747. The lowest BCUT2D eigenvalue weighted by Crippen LogP contribution is -2.48. The molecular weight excluding hydrogens is 316 g/mol. The van der Waals surface area contributed by atoms with Crippen molar-refractivity contribution >= 4 is 16.9 Å². The number of morpholine rings is 1. The van der Waals surface area contributed by atoms with Crippen LogP contribution in [0.5, 0.6) is 0 Å². The molecule has 0 spiro atoms. The van der Waals surface area contributed by atoms with Crippen molar-refractivity contribution in [2.45, 2.75) is 45.4 Å². The Labute approximate surface area is 148 Å². The molecule has 0 aliphatic carbocycles. The summed E-state index contributed by atoms with van der Waals surface area (Å²) in [4.78, 5) is 15.1. The van der Waals surface area contributed by atoms with E-state index < -0.39 is 0 Å². The van der Waals surface area contributed by atoms with Gasteiger partial charge in [-0.25, -0.2) is 0 Å². The molecule has 2 fully saturated rings. The number of amides is 1. The van der Waals surface area contributed by atoms with Crippen LogP contribution in [0.25, 0.3) is 11.0 Å². The predicted octanol–water partition coefficient (Wildman–Crippen LogP) is 2.97. The molecule has 2 saturated heterocycles. The summed E-state index contributed by atoms with van der Waals surface area (Å²) in [5, 5.41) is 4.17. The van der Waals surface area contributed by atoms with E-state index in [-0.39, 0.29) is 11.9 Å². The molecule has 0 saturated carbocycles. The lowest BCUT2D eigenvalue weighted by Gasteiger charge is -2.36. The zero-order valence-electron chi connectivity index (χ0n) is 15.1. The molecule has 1 amide bonds. The monoisotopic (exact) mass is 342 g/mol. The Bertz CT molecular complexity index is 782. The van der Waals surface area contributed by atoms with Crippen LogP contribution >= 0.6 is 0 Å². The number of ether oxygens (including phenoxy) is 1. The number of hydrogen-bond donors (Lipinski definition) is 1. The molecule has 1 N–H and O–H groups in total. The van der Waals surface area contributed by atoms with Crippen molar-refractivity contribution in [2.75, 3.05) is 19.7 Å². The smallest absolute Gasteiger partial charge is 0.251 e. The second-order valence-corrected chi connectivity index (χ2v) is 7.74. The number of aryl methyl sites for hydroxylation is 1. The summed E-state index contributed by atoms with van der Waals surface area (Å²) in [5.41, 5.74) is 1.51. The average molecular weight is 342 g/mol. The molecule has 0 radical (unpaired) electrons.